The van der Waals surface area contributed by atoms with Gasteiger partial charge in [0.25, 0.3) is 0 Å². The molecule has 2 aliphatic heterocycles. The van der Waals surface area contributed by atoms with Gasteiger partial charge >= 0.3 is 0 Å². The molecule has 0 aliphatic carbocycles. The van der Waals surface area contributed by atoms with Gasteiger partial charge in [0.05, 0.1) is 0 Å². The van der Waals surface area contributed by atoms with E-state index in [4.69, 9.17) is 9.47 Å². The van der Waals surface area contributed by atoms with Gasteiger partial charge in [0.1, 0.15) is 0 Å². The summed E-state index contributed by atoms with van der Waals surface area (Å²) in [6.45, 7) is 8.47. The van der Waals surface area contributed by atoms with E-state index in [1.807, 2.05) is 6.07 Å². The lowest BCUT2D eigenvalue weighted by atomic mass is 10.1. The lowest BCUT2D eigenvalue weighted by Gasteiger charge is -2.30. The third-order valence-electron chi connectivity index (χ3n) is 4.41. The lowest BCUT2D eigenvalue weighted by Crippen LogP contribution is -2.42. The predicted octanol–water partition coefficient (Wildman–Crippen LogP) is 2.94. The summed E-state index contributed by atoms with van der Waals surface area (Å²) in [4.78, 5) is 2.58. The van der Waals surface area contributed by atoms with Crippen LogP contribution in [0.1, 0.15) is 44.7 Å². The second-order valence-electron chi connectivity index (χ2n) is 6.26. The number of piperidine rings is 1. The van der Waals surface area contributed by atoms with Gasteiger partial charge in [-0.1, -0.05) is 12.5 Å². The van der Waals surface area contributed by atoms with Crippen LogP contribution in [-0.2, 0) is 0 Å². The normalized spacial score (nSPS) is 21.2. The van der Waals surface area contributed by atoms with Crippen LogP contribution >= 0.6 is 0 Å². The number of benzene rings is 1. The summed E-state index contributed by atoms with van der Waals surface area (Å²) in [6.07, 6.45) is 4.10. The highest BCUT2D eigenvalue weighted by Gasteiger charge is 2.18. The lowest BCUT2D eigenvalue weighted by molar-refractivity contribution is 0.174. The topological polar surface area (TPSA) is 33.7 Å². The molecule has 1 aromatic rings. The monoisotopic (exact) mass is 290 g/mol. The van der Waals surface area contributed by atoms with E-state index >= 15 is 0 Å². The fraction of sp³-hybridized carbons (Fsp3) is 0.647. The second-order valence-corrected chi connectivity index (χ2v) is 6.26. The first kappa shape index (κ1) is 14.7. The van der Waals surface area contributed by atoms with Gasteiger partial charge in [-0.3, -0.25) is 0 Å². The van der Waals surface area contributed by atoms with Gasteiger partial charge < -0.3 is 19.7 Å². The first-order valence-electron chi connectivity index (χ1n) is 8.10. The van der Waals surface area contributed by atoms with Crippen LogP contribution in [0.4, 0.5) is 0 Å². The summed E-state index contributed by atoms with van der Waals surface area (Å²) < 4.78 is 10.8. The van der Waals surface area contributed by atoms with E-state index < -0.39 is 0 Å². The highest BCUT2D eigenvalue weighted by molar-refractivity contribution is 5.45. The van der Waals surface area contributed by atoms with Gasteiger partial charge in [-0.05, 0) is 57.5 Å². The van der Waals surface area contributed by atoms with Crippen molar-refractivity contribution < 1.29 is 9.47 Å². The highest BCUT2D eigenvalue weighted by Crippen LogP contribution is 2.34. The minimum absolute atomic E-state index is 0.319. The number of hydrogen-bond donors (Lipinski definition) is 1. The summed E-state index contributed by atoms with van der Waals surface area (Å²) in [5, 5.41) is 3.70. The summed E-state index contributed by atoms with van der Waals surface area (Å²) in [6, 6.07) is 7.03. The summed E-state index contributed by atoms with van der Waals surface area (Å²) in [7, 11) is 0. The molecule has 0 saturated carbocycles. The molecule has 1 saturated heterocycles. The van der Waals surface area contributed by atoms with Crippen LogP contribution in [-0.4, -0.2) is 37.4 Å². The van der Waals surface area contributed by atoms with Crippen molar-refractivity contribution in [3.05, 3.63) is 23.8 Å². The average molecular weight is 290 g/mol. The van der Waals surface area contributed by atoms with Crippen molar-refractivity contribution in [3.63, 3.8) is 0 Å². The molecular formula is C17H26N2O2. The maximum atomic E-state index is 5.46. The molecule has 1 N–H and O–H groups in total. The third kappa shape index (κ3) is 3.69. The molecule has 0 aromatic heterocycles. The number of likely N-dealkylation sites (tertiary alicyclic amines) is 1. The Morgan fingerprint density at radius 1 is 1.10 bits per heavy atom. The number of hydrogen-bond acceptors (Lipinski definition) is 4. The Kier molecular flexibility index (Phi) is 4.66. The number of fused-ring (bicyclic) bond motifs is 1. The minimum Gasteiger partial charge on any atom is -0.454 e. The van der Waals surface area contributed by atoms with E-state index in [9.17, 15) is 0 Å². The predicted molar refractivity (Wildman–Crippen MR) is 83.9 cm³/mol. The Hall–Kier alpha value is -1.26. The van der Waals surface area contributed by atoms with Crippen LogP contribution in [0.3, 0.4) is 0 Å². The number of rotatable bonds is 5. The van der Waals surface area contributed by atoms with Crippen molar-refractivity contribution in [2.45, 2.75) is 45.2 Å². The van der Waals surface area contributed by atoms with Crippen molar-refractivity contribution in [2.75, 3.05) is 26.4 Å². The molecule has 116 valence electrons. The van der Waals surface area contributed by atoms with Gasteiger partial charge in [0.15, 0.2) is 11.5 Å². The molecule has 4 nitrogen and oxygen atoms in total. The SMILES string of the molecule is CC(CN1CCCCC1)NC(C)c1ccc2c(c1)OCO2. The van der Waals surface area contributed by atoms with E-state index in [1.165, 1.54) is 37.9 Å². The smallest absolute Gasteiger partial charge is 0.231 e. The third-order valence-corrected chi connectivity index (χ3v) is 4.41. The molecule has 21 heavy (non-hydrogen) atoms. The fourth-order valence-corrected chi connectivity index (χ4v) is 3.29. The van der Waals surface area contributed by atoms with Gasteiger partial charge in [-0.15, -0.1) is 0 Å². The number of ether oxygens (including phenoxy) is 2. The molecule has 0 radical (unpaired) electrons. The Bertz CT molecular complexity index is 472. The van der Waals surface area contributed by atoms with Crippen LogP contribution in [0.15, 0.2) is 18.2 Å². The zero-order chi connectivity index (χ0) is 14.7. The Labute approximate surface area is 127 Å². The largest absolute Gasteiger partial charge is 0.454 e. The standard InChI is InChI=1S/C17H26N2O2/c1-13(11-19-8-4-3-5-9-19)18-14(2)15-6-7-16-17(10-15)21-12-20-16/h6-7,10,13-14,18H,3-5,8-9,11-12H2,1-2H3. The molecule has 1 fully saturated rings. The molecule has 0 bridgehead atoms. The molecule has 2 aliphatic rings. The van der Waals surface area contributed by atoms with Gasteiger partial charge in [0, 0.05) is 18.6 Å². The molecular weight excluding hydrogens is 264 g/mol. The number of nitrogens with one attached hydrogen (secondary N) is 1. The van der Waals surface area contributed by atoms with Gasteiger partial charge in [-0.2, -0.15) is 0 Å². The van der Waals surface area contributed by atoms with Crippen molar-refractivity contribution in [1.29, 1.82) is 0 Å². The van der Waals surface area contributed by atoms with E-state index in [-0.39, 0.29) is 0 Å². The van der Waals surface area contributed by atoms with Crippen molar-refractivity contribution >= 4 is 0 Å². The summed E-state index contributed by atoms with van der Waals surface area (Å²) in [5.41, 5.74) is 1.25. The van der Waals surface area contributed by atoms with Crippen LogP contribution < -0.4 is 14.8 Å². The Morgan fingerprint density at radius 3 is 2.67 bits per heavy atom. The summed E-state index contributed by atoms with van der Waals surface area (Å²) in [5.74, 6) is 1.72. The Balaban J connectivity index is 1.54. The van der Waals surface area contributed by atoms with Crippen LogP contribution in [0.5, 0.6) is 11.5 Å². The van der Waals surface area contributed by atoms with Gasteiger partial charge in [-0.25, -0.2) is 0 Å². The van der Waals surface area contributed by atoms with E-state index in [0.29, 0.717) is 18.9 Å². The molecule has 1 aromatic carbocycles. The first-order chi connectivity index (χ1) is 10.2. The fourth-order valence-electron chi connectivity index (χ4n) is 3.29. The van der Waals surface area contributed by atoms with Crippen molar-refractivity contribution in [2.24, 2.45) is 0 Å². The molecule has 4 heteroatoms. The van der Waals surface area contributed by atoms with E-state index in [2.05, 4.69) is 36.2 Å². The maximum Gasteiger partial charge on any atom is 0.231 e. The molecule has 0 spiro atoms. The Morgan fingerprint density at radius 2 is 1.86 bits per heavy atom. The zero-order valence-corrected chi connectivity index (χ0v) is 13.1. The van der Waals surface area contributed by atoms with Crippen LogP contribution in [0, 0.1) is 0 Å². The maximum absolute atomic E-state index is 5.46. The van der Waals surface area contributed by atoms with Crippen molar-refractivity contribution in [3.8, 4) is 11.5 Å². The summed E-state index contributed by atoms with van der Waals surface area (Å²) >= 11 is 0. The zero-order valence-electron chi connectivity index (χ0n) is 13.1. The first-order valence-corrected chi connectivity index (χ1v) is 8.10. The molecule has 2 unspecified atom stereocenters. The quantitative estimate of drug-likeness (QED) is 0.904. The molecule has 2 atom stereocenters. The van der Waals surface area contributed by atoms with E-state index in [1.54, 1.807) is 0 Å². The second kappa shape index (κ2) is 6.67. The molecule has 0 amide bonds. The average Bonchev–Trinajstić information content (AvgIpc) is 2.95. The van der Waals surface area contributed by atoms with Gasteiger partial charge in [0.2, 0.25) is 6.79 Å². The molecule has 3 rings (SSSR count). The van der Waals surface area contributed by atoms with Crippen LogP contribution in [0.25, 0.3) is 0 Å². The molecule has 2 heterocycles. The van der Waals surface area contributed by atoms with Crippen molar-refractivity contribution in [1.82, 2.24) is 10.2 Å². The van der Waals surface area contributed by atoms with Crippen LogP contribution in [0.2, 0.25) is 0 Å². The van der Waals surface area contributed by atoms with E-state index in [0.717, 1.165) is 18.0 Å². The highest BCUT2D eigenvalue weighted by atomic mass is 16.7. The number of nitrogens with zero attached hydrogens (tertiary/aromatic N) is 1. The minimum atomic E-state index is 0.319.